The molecule has 6 heteroatoms. The van der Waals surface area contributed by atoms with Crippen LogP contribution in [-0.2, 0) is 6.54 Å². The van der Waals surface area contributed by atoms with E-state index >= 15 is 0 Å². The van der Waals surface area contributed by atoms with Crippen LogP contribution in [0.25, 0.3) is 0 Å². The number of nitrogens with zero attached hydrogens (tertiary/aromatic N) is 5. The Hall–Kier alpha value is -1.69. The average molecular weight is 273 g/mol. The van der Waals surface area contributed by atoms with Crippen molar-refractivity contribution in [1.29, 1.82) is 0 Å². The number of rotatable bonds is 4. The van der Waals surface area contributed by atoms with Crippen LogP contribution in [0.4, 0.5) is 0 Å². The van der Waals surface area contributed by atoms with Gasteiger partial charge in [0, 0.05) is 25.2 Å². The first-order valence-corrected chi connectivity index (χ1v) is 7.33. The Morgan fingerprint density at radius 3 is 3.00 bits per heavy atom. The summed E-state index contributed by atoms with van der Waals surface area (Å²) in [7, 11) is 0. The zero-order valence-corrected chi connectivity index (χ0v) is 11.7. The van der Waals surface area contributed by atoms with E-state index < -0.39 is 0 Å². The van der Waals surface area contributed by atoms with Gasteiger partial charge in [0.15, 0.2) is 5.82 Å². The van der Waals surface area contributed by atoms with Crippen LogP contribution in [0.1, 0.15) is 48.5 Å². The fraction of sp³-hybridized carbons (Fsp3) is 0.643. The molecule has 1 saturated heterocycles. The molecule has 1 aliphatic carbocycles. The first-order valence-electron chi connectivity index (χ1n) is 7.33. The molecule has 0 bridgehead atoms. The van der Waals surface area contributed by atoms with Gasteiger partial charge in [-0.2, -0.15) is 10.1 Å². The lowest BCUT2D eigenvalue weighted by atomic mass is 10.3. The van der Waals surface area contributed by atoms with Gasteiger partial charge in [-0.05, 0) is 31.7 Å². The molecule has 2 aromatic rings. The number of hydrogen-bond acceptors (Lipinski definition) is 5. The highest BCUT2D eigenvalue weighted by molar-refractivity contribution is 5.03. The van der Waals surface area contributed by atoms with Gasteiger partial charge < -0.3 is 4.52 Å². The summed E-state index contributed by atoms with van der Waals surface area (Å²) in [4.78, 5) is 6.87. The van der Waals surface area contributed by atoms with Gasteiger partial charge in [0.25, 0.3) is 0 Å². The van der Waals surface area contributed by atoms with Crippen molar-refractivity contribution in [2.45, 2.75) is 44.7 Å². The van der Waals surface area contributed by atoms with E-state index in [0.717, 1.165) is 37.8 Å². The zero-order valence-electron chi connectivity index (χ0n) is 11.7. The molecule has 0 amide bonds. The Bertz CT molecular complexity index is 600. The van der Waals surface area contributed by atoms with Crippen LogP contribution < -0.4 is 0 Å². The van der Waals surface area contributed by atoms with Gasteiger partial charge in [-0.3, -0.25) is 9.58 Å². The lowest BCUT2D eigenvalue weighted by Gasteiger charge is -2.13. The summed E-state index contributed by atoms with van der Waals surface area (Å²) in [6.07, 6.45) is 7.57. The molecular formula is C14H19N5O. The van der Waals surface area contributed by atoms with Crippen molar-refractivity contribution in [2.75, 3.05) is 13.1 Å². The third-order valence-electron chi connectivity index (χ3n) is 4.13. The van der Waals surface area contributed by atoms with E-state index in [1.165, 1.54) is 18.4 Å². The molecule has 20 heavy (non-hydrogen) atoms. The predicted molar refractivity (Wildman–Crippen MR) is 72.2 cm³/mol. The SMILES string of the molecule is Cc1cnn(C2CCN(Cc3noc(C4CC4)n3)C2)c1. The molecule has 1 saturated carbocycles. The van der Waals surface area contributed by atoms with E-state index in [4.69, 9.17) is 4.52 Å². The standard InChI is InChI=1S/C14H19N5O/c1-10-6-15-19(7-10)12-4-5-18(8-12)9-13-16-14(20-17-13)11-2-3-11/h6-7,11-12H,2-5,8-9H2,1H3. The van der Waals surface area contributed by atoms with E-state index in [1.54, 1.807) is 0 Å². The smallest absolute Gasteiger partial charge is 0.229 e. The van der Waals surface area contributed by atoms with E-state index in [-0.39, 0.29) is 0 Å². The number of hydrogen-bond donors (Lipinski definition) is 0. The minimum absolute atomic E-state index is 0.471. The largest absolute Gasteiger partial charge is 0.339 e. The Labute approximate surface area is 117 Å². The van der Waals surface area contributed by atoms with Crippen LogP contribution in [-0.4, -0.2) is 37.9 Å². The van der Waals surface area contributed by atoms with Crippen molar-refractivity contribution in [2.24, 2.45) is 0 Å². The first kappa shape index (κ1) is 12.1. The van der Waals surface area contributed by atoms with Gasteiger partial charge in [0.05, 0.1) is 18.8 Å². The summed E-state index contributed by atoms with van der Waals surface area (Å²) in [5.74, 6) is 2.19. The molecule has 1 unspecified atom stereocenters. The highest BCUT2D eigenvalue weighted by Crippen LogP contribution is 2.38. The molecule has 106 valence electrons. The van der Waals surface area contributed by atoms with Crippen molar-refractivity contribution in [3.8, 4) is 0 Å². The molecular weight excluding hydrogens is 254 g/mol. The van der Waals surface area contributed by atoms with Crippen LogP contribution in [0.15, 0.2) is 16.9 Å². The fourth-order valence-corrected chi connectivity index (χ4v) is 2.83. The Balaban J connectivity index is 1.38. The maximum absolute atomic E-state index is 5.31. The molecule has 0 aromatic carbocycles. The number of likely N-dealkylation sites (tertiary alicyclic amines) is 1. The van der Waals surface area contributed by atoms with Gasteiger partial charge in [-0.25, -0.2) is 0 Å². The summed E-state index contributed by atoms with van der Waals surface area (Å²) >= 11 is 0. The topological polar surface area (TPSA) is 60.0 Å². The second-order valence-electron chi connectivity index (χ2n) is 6.00. The Morgan fingerprint density at radius 2 is 2.25 bits per heavy atom. The summed E-state index contributed by atoms with van der Waals surface area (Å²) in [6.45, 7) is 4.94. The third kappa shape index (κ3) is 2.35. The van der Waals surface area contributed by atoms with Crippen molar-refractivity contribution >= 4 is 0 Å². The quantitative estimate of drug-likeness (QED) is 0.851. The van der Waals surface area contributed by atoms with Crippen molar-refractivity contribution in [3.63, 3.8) is 0 Å². The average Bonchev–Trinajstić information content (AvgIpc) is 2.86. The minimum Gasteiger partial charge on any atom is -0.339 e. The highest BCUT2D eigenvalue weighted by Gasteiger charge is 2.30. The van der Waals surface area contributed by atoms with Gasteiger partial charge >= 0.3 is 0 Å². The van der Waals surface area contributed by atoms with E-state index in [0.29, 0.717) is 12.0 Å². The first-order chi connectivity index (χ1) is 9.78. The summed E-state index contributed by atoms with van der Waals surface area (Å²) in [5.41, 5.74) is 1.22. The third-order valence-corrected chi connectivity index (χ3v) is 4.13. The van der Waals surface area contributed by atoms with Gasteiger partial charge in [-0.1, -0.05) is 5.16 Å². The lowest BCUT2D eigenvalue weighted by molar-refractivity contribution is 0.295. The molecule has 1 aliphatic heterocycles. The molecule has 2 aromatic heterocycles. The van der Waals surface area contributed by atoms with Gasteiger partial charge in [-0.15, -0.1) is 0 Å². The normalized spacial score (nSPS) is 23.6. The lowest BCUT2D eigenvalue weighted by Crippen LogP contribution is -2.22. The molecule has 2 aliphatic rings. The molecule has 1 atom stereocenters. The second kappa shape index (κ2) is 4.70. The van der Waals surface area contributed by atoms with Crippen LogP contribution >= 0.6 is 0 Å². The second-order valence-corrected chi connectivity index (χ2v) is 6.00. The van der Waals surface area contributed by atoms with Crippen molar-refractivity contribution in [1.82, 2.24) is 24.8 Å². The molecule has 0 spiro atoms. The zero-order chi connectivity index (χ0) is 13.5. The predicted octanol–water partition coefficient (Wildman–Crippen LogP) is 1.90. The van der Waals surface area contributed by atoms with Gasteiger partial charge in [0.1, 0.15) is 0 Å². The van der Waals surface area contributed by atoms with Crippen LogP contribution in [0.3, 0.4) is 0 Å². The molecule has 4 rings (SSSR count). The van der Waals surface area contributed by atoms with Crippen LogP contribution in [0, 0.1) is 6.92 Å². The summed E-state index contributed by atoms with van der Waals surface area (Å²) in [6, 6.07) is 0.471. The summed E-state index contributed by atoms with van der Waals surface area (Å²) < 4.78 is 7.39. The van der Waals surface area contributed by atoms with E-state index in [2.05, 4.69) is 37.9 Å². The van der Waals surface area contributed by atoms with E-state index in [9.17, 15) is 0 Å². The van der Waals surface area contributed by atoms with Crippen LogP contribution in [0.2, 0.25) is 0 Å². The number of aromatic nitrogens is 4. The minimum atomic E-state index is 0.471. The Morgan fingerprint density at radius 1 is 1.35 bits per heavy atom. The summed E-state index contributed by atoms with van der Waals surface area (Å²) in [5, 5.41) is 8.51. The monoisotopic (exact) mass is 273 g/mol. The maximum Gasteiger partial charge on any atom is 0.229 e. The van der Waals surface area contributed by atoms with E-state index in [1.807, 2.05) is 6.20 Å². The maximum atomic E-state index is 5.31. The molecule has 3 heterocycles. The van der Waals surface area contributed by atoms with Gasteiger partial charge in [0.2, 0.25) is 5.89 Å². The molecule has 2 fully saturated rings. The number of aryl methyl sites for hydroxylation is 1. The molecule has 6 nitrogen and oxygen atoms in total. The molecule has 0 N–H and O–H groups in total. The fourth-order valence-electron chi connectivity index (χ4n) is 2.83. The van der Waals surface area contributed by atoms with Crippen molar-refractivity contribution in [3.05, 3.63) is 29.7 Å². The Kier molecular flexibility index (Phi) is 2.84. The molecule has 0 radical (unpaired) electrons. The van der Waals surface area contributed by atoms with Crippen LogP contribution in [0.5, 0.6) is 0 Å². The van der Waals surface area contributed by atoms with Crippen molar-refractivity contribution < 1.29 is 4.52 Å². The highest BCUT2D eigenvalue weighted by atomic mass is 16.5.